The fraction of sp³-hybridized carbons (Fsp3) is 0.350. The van der Waals surface area contributed by atoms with Gasteiger partial charge in [0.05, 0.1) is 35.9 Å². The lowest BCUT2D eigenvalue weighted by Gasteiger charge is -2.32. The molecule has 2 aromatic carbocycles. The number of benzene rings is 2. The van der Waals surface area contributed by atoms with Crippen molar-refractivity contribution in [3.63, 3.8) is 0 Å². The smallest absolute Gasteiger partial charge is 0.268 e. The van der Waals surface area contributed by atoms with Gasteiger partial charge in [-0.05, 0) is 49.4 Å². The summed E-state index contributed by atoms with van der Waals surface area (Å²) in [5, 5.41) is 13.0. The second-order valence-electron chi connectivity index (χ2n) is 7.38. The number of amides is 1. The molecule has 0 bridgehead atoms. The summed E-state index contributed by atoms with van der Waals surface area (Å²) >= 11 is 0. The number of nitrogen functional groups attached to an aromatic ring is 1. The summed E-state index contributed by atoms with van der Waals surface area (Å²) in [6.45, 7) is 3.14. The Bertz CT molecular complexity index is 1210. The summed E-state index contributed by atoms with van der Waals surface area (Å²) < 4.78 is 58.5. The first-order valence-electron chi connectivity index (χ1n) is 9.77. The molecule has 0 aromatic heterocycles. The average molecular weight is 484 g/mol. The van der Waals surface area contributed by atoms with E-state index in [0.29, 0.717) is 5.69 Å². The maximum atomic E-state index is 13.9. The lowest BCUT2D eigenvalue weighted by molar-refractivity contribution is -0.114. The van der Waals surface area contributed by atoms with Crippen molar-refractivity contribution in [1.82, 2.24) is 0 Å². The molecule has 12 heteroatoms. The van der Waals surface area contributed by atoms with E-state index in [1.807, 2.05) is 0 Å². The number of sulfonamides is 1. The Hall–Kier alpha value is -2.83. The standard InChI is InChI=1S/C20H25N3O7S2/c1-3-30-19-9-6-15(22-13(2)24)10-20(19)32(28,29)23(16-7-4-14(21)5-8-16)17-11-31(26,27)12-18(17)25/h4-10,17-18,25H,3,11-12,21H2,1-2H3,(H,22,24). The number of aliphatic hydroxyl groups excluding tert-OH is 1. The number of nitrogens with two attached hydrogens (primary N) is 1. The Morgan fingerprint density at radius 3 is 2.41 bits per heavy atom. The third kappa shape index (κ3) is 4.97. The minimum Gasteiger partial charge on any atom is -0.492 e. The normalized spacial score (nSPS) is 20.0. The van der Waals surface area contributed by atoms with E-state index in [9.17, 15) is 26.7 Å². The van der Waals surface area contributed by atoms with Gasteiger partial charge in [-0.1, -0.05) is 0 Å². The van der Waals surface area contributed by atoms with Gasteiger partial charge in [-0.15, -0.1) is 0 Å². The molecule has 1 fully saturated rings. The molecule has 1 aliphatic heterocycles. The van der Waals surface area contributed by atoms with Gasteiger partial charge < -0.3 is 20.9 Å². The van der Waals surface area contributed by atoms with Crippen LogP contribution >= 0.6 is 0 Å². The van der Waals surface area contributed by atoms with Crippen LogP contribution in [0.15, 0.2) is 47.4 Å². The van der Waals surface area contributed by atoms with Crippen molar-refractivity contribution in [3.8, 4) is 5.75 Å². The van der Waals surface area contributed by atoms with Crippen molar-refractivity contribution in [1.29, 1.82) is 0 Å². The van der Waals surface area contributed by atoms with Crippen LogP contribution in [0.4, 0.5) is 17.1 Å². The average Bonchev–Trinajstić information content (AvgIpc) is 2.96. The molecule has 2 unspecified atom stereocenters. The summed E-state index contributed by atoms with van der Waals surface area (Å²) in [6, 6.07) is 8.70. The molecule has 1 amide bonds. The van der Waals surface area contributed by atoms with Gasteiger partial charge in [0.2, 0.25) is 5.91 Å². The van der Waals surface area contributed by atoms with Gasteiger partial charge in [0.25, 0.3) is 10.0 Å². The third-order valence-corrected chi connectivity index (χ3v) is 8.42. The van der Waals surface area contributed by atoms with Gasteiger partial charge in [-0.25, -0.2) is 16.8 Å². The van der Waals surface area contributed by atoms with Crippen molar-refractivity contribution in [2.45, 2.75) is 30.9 Å². The van der Waals surface area contributed by atoms with Crippen LogP contribution in [-0.2, 0) is 24.7 Å². The van der Waals surface area contributed by atoms with Gasteiger partial charge in [-0.3, -0.25) is 9.10 Å². The van der Waals surface area contributed by atoms with Crippen LogP contribution < -0.4 is 20.1 Å². The number of nitrogens with one attached hydrogen (secondary N) is 1. The predicted octanol–water partition coefficient (Wildman–Crippen LogP) is 0.979. The van der Waals surface area contributed by atoms with E-state index in [1.54, 1.807) is 6.92 Å². The number of hydrogen-bond donors (Lipinski definition) is 3. The van der Waals surface area contributed by atoms with E-state index >= 15 is 0 Å². The van der Waals surface area contributed by atoms with E-state index in [1.165, 1.54) is 49.4 Å². The van der Waals surface area contributed by atoms with Crippen LogP contribution in [0.2, 0.25) is 0 Å². The molecule has 2 atom stereocenters. The van der Waals surface area contributed by atoms with Crippen molar-refractivity contribution in [2.75, 3.05) is 33.5 Å². The zero-order chi connectivity index (χ0) is 23.7. The van der Waals surface area contributed by atoms with Crippen molar-refractivity contribution < 1.29 is 31.5 Å². The Balaban J connectivity index is 2.21. The molecule has 32 heavy (non-hydrogen) atoms. The summed E-state index contributed by atoms with van der Waals surface area (Å²) in [4.78, 5) is 11.2. The number of carbonyl (C=O) groups is 1. The summed E-state index contributed by atoms with van der Waals surface area (Å²) in [7, 11) is -8.11. The Kier molecular flexibility index (Phi) is 6.67. The molecule has 4 N–H and O–H groups in total. The molecule has 0 radical (unpaired) electrons. The first-order chi connectivity index (χ1) is 14.9. The van der Waals surface area contributed by atoms with Gasteiger partial charge in [0, 0.05) is 18.3 Å². The number of ether oxygens (including phenoxy) is 1. The molecule has 0 spiro atoms. The van der Waals surface area contributed by atoms with Gasteiger partial charge in [0.15, 0.2) is 9.84 Å². The van der Waals surface area contributed by atoms with Crippen LogP contribution in [-0.4, -0.2) is 58.1 Å². The van der Waals surface area contributed by atoms with Crippen molar-refractivity contribution in [2.24, 2.45) is 0 Å². The number of sulfone groups is 1. The SMILES string of the molecule is CCOc1ccc(NC(C)=O)cc1S(=O)(=O)N(c1ccc(N)cc1)C1CS(=O)(=O)CC1O. The maximum absolute atomic E-state index is 13.9. The number of nitrogens with zero attached hydrogens (tertiary/aromatic N) is 1. The lowest BCUT2D eigenvalue weighted by atomic mass is 10.2. The number of hydrogen-bond acceptors (Lipinski definition) is 8. The minimum absolute atomic E-state index is 0.0254. The maximum Gasteiger partial charge on any atom is 0.268 e. The van der Waals surface area contributed by atoms with Gasteiger partial charge >= 0.3 is 0 Å². The molecule has 2 aromatic rings. The second-order valence-corrected chi connectivity index (χ2v) is 11.3. The van der Waals surface area contributed by atoms with Gasteiger partial charge in [-0.2, -0.15) is 0 Å². The highest BCUT2D eigenvalue weighted by Crippen LogP contribution is 2.36. The third-order valence-electron chi connectivity index (χ3n) is 4.84. The molecule has 174 valence electrons. The molecule has 1 heterocycles. The fourth-order valence-electron chi connectivity index (χ4n) is 3.54. The first kappa shape index (κ1) is 23.8. The van der Waals surface area contributed by atoms with Crippen LogP contribution in [0, 0.1) is 0 Å². The molecule has 3 rings (SSSR count). The Morgan fingerprint density at radius 1 is 1.22 bits per heavy atom. The van der Waals surface area contributed by atoms with Crippen LogP contribution in [0.1, 0.15) is 13.8 Å². The summed E-state index contributed by atoms with van der Waals surface area (Å²) in [5.41, 5.74) is 6.46. The summed E-state index contributed by atoms with van der Waals surface area (Å²) in [6.07, 6.45) is -1.43. The Morgan fingerprint density at radius 2 is 1.88 bits per heavy atom. The fourth-order valence-corrected chi connectivity index (χ4v) is 7.24. The van der Waals surface area contributed by atoms with Crippen LogP contribution in [0.3, 0.4) is 0 Å². The van der Waals surface area contributed by atoms with Crippen molar-refractivity contribution >= 4 is 42.8 Å². The first-order valence-corrected chi connectivity index (χ1v) is 13.0. The zero-order valence-corrected chi connectivity index (χ0v) is 19.2. The number of carbonyl (C=O) groups excluding carboxylic acids is 1. The number of aliphatic hydroxyl groups is 1. The highest BCUT2D eigenvalue weighted by atomic mass is 32.2. The molecule has 0 saturated carbocycles. The monoisotopic (exact) mass is 483 g/mol. The summed E-state index contributed by atoms with van der Waals surface area (Å²) in [5.74, 6) is -1.47. The van der Waals surface area contributed by atoms with Crippen molar-refractivity contribution in [3.05, 3.63) is 42.5 Å². The molecular weight excluding hydrogens is 458 g/mol. The van der Waals surface area contributed by atoms with E-state index < -0.39 is 49.4 Å². The van der Waals surface area contributed by atoms with Crippen LogP contribution in [0.5, 0.6) is 5.75 Å². The number of rotatable bonds is 7. The molecule has 0 aliphatic carbocycles. The van der Waals surface area contributed by atoms with E-state index in [-0.39, 0.29) is 28.6 Å². The second kappa shape index (κ2) is 8.96. The quantitative estimate of drug-likeness (QED) is 0.492. The Labute approximate surface area is 187 Å². The largest absolute Gasteiger partial charge is 0.492 e. The minimum atomic E-state index is -4.45. The highest BCUT2D eigenvalue weighted by molar-refractivity contribution is 7.93. The predicted molar refractivity (Wildman–Crippen MR) is 121 cm³/mol. The topological polar surface area (TPSA) is 156 Å². The van der Waals surface area contributed by atoms with E-state index in [2.05, 4.69) is 5.32 Å². The molecule has 1 saturated heterocycles. The van der Waals surface area contributed by atoms with Gasteiger partial charge in [0.1, 0.15) is 10.6 Å². The van der Waals surface area contributed by atoms with E-state index in [4.69, 9.17) is 10.5 Å². The van der Waals surface area contributed by atoms with E-state index in [0.717, 1.165) is 4.31 Å². The zero-order valence-electron chi connectivity index (χ0n) is 17.6. The number of anilines is 3. The molecule has 10 nitrogen and oxygen atoms in total. The highest BCUT2D eigenvalue weighted by Gasteiger charge is 2.45. The lowest BCUT2D eigenvalue weighted by Crippen LogP contribution is -2.47. The molecular formula is C20H25N3O7S2. The van der Waals surface area contributed by atoms with Crippen LogP contribution in [0.25, 0.3) is 0 Å². The molecule has 1 aliphatic rings.